The second-order valence-corrected chi connectivity index (χ2v) is 3.85. The van der Waals surface area contributed by atoms with Gasteiger partial charge in [0.25, 0.3) is 0 Å². The van der Waals surface area contributed by atoms with E-state index in [0.717, 1.165) is 19.7 Å². The molecule has 0 radical (unpaired) electrons. The molecule has 1 aromatic rings. The average Bonchev–Trinajstić information content (AvgIpc) is 2.67. The Balaban J connectivity index is 2.39. The van der Waals surface area contributed by atoms with Crippen molar-refractivity contribution in [1.29, 1.82) is 0 Å². The maximum Gasteiger partial charge on any atom is 0.0587 e. The van der Waals surface area contributed by atoms with Gasteiger partial charge in [0.2, 0.25) is 0 Å². The first-order valence-electron chi connectivity index (χ1n) is 5.66. The van der Waals surface area contributed by atoms with Crippen LogP contribution in [-0.4, -0.2) is 24.8 Å². The molecule has 1 rings (SSSR count). The predicted octanol–water partition coefficient (Wildman–Crippen LogP) is 2.20. The van der Waals surface area contributed by atoms with Gasteiger partial charge in [0.15, 0.2) is 0 Å². The summed E-state index contributed by atoms with van der Waals surface area (Å²) in [6, 6.07) is 2.58. The summed E-state index contributed by atoms with van der Waals surface area (Å²) in [7, 11) is 1.73. The Bertz CT molecular complexity index is 270. The van der Waals surface area contributed by atoms with Crippen molar-refractivity contribution in [3.8, 4) is 0 Å². The Hall–Kier alpha value is -0.800. The van der Waals surface area contributed by atoms with Crippen LogP contribution < -0.4 is 5.32 Å². The van der Waals surface area contributed by atoms with Gasteiger partial charge in [-0.05, 0) is 25.0 Å². The molecule has 15 heavy (non-hydrogen) atoms. The van der Waals surface area contributed by atoms with E-state index in [1.54, 1.807) is 7.11 Å². The first-order valence-corrected chi connectivity index (χ1v) is 5.66. The lowest BCUT2D eigenvalue weighted by Crippen LogP contribution is -2.22. The first kappa shape index (κ1) is 12.3. The fourth-order valence-electron chi connectivity index (χ4n) is 1.61. The largest absolute Gasteiger partial charge is 0.383 e. The van der Waals surface area contributed by atoms with E-state index in [1.165, 1.54) is 12.0 Å². The molecule has 0 aromatic carbocycles. The van der Waals surface area contributed by atoms with Gasteiger partial charge in [-0.3, -0.25) is 0 Å². The second kappa shape index (κ2) is 6.64. The minimum absolute atomic E-state index is 0.401. The second-order valence-electron chi connectivity index (χ2n) is 3.85. The molecule has 3 heteroatoms. The summed E-state index contributed by atoms with van der Waals surface area (Å²) in [4.78, 5) is 0. The highest BCUT2D eigenvalue weighted by atomic mass is 16.5. The van der Waals surface area contributed by atoms with Crippen molar-refractivity contribution in [2.75, 3.05) is 20.3 Å². The summed E-state index contributed by atoms with van der Waals surface area (Å²) in [6.07, 6.45) is 5.54. The van der Waals surface area contributed by atoms with Crippen LogP contribution in [0.3, 0.4) is 0 Å². The van der Waals surface area contributed by atoms with Crippen molar-refractivity contribution in [3.05, 3.63) is 24.0 Å². The summed E-state index contributed by atoms with van der Waals surface area (Å²) in [6.45, 7) is 7.14. The summed E-state index contributed by atoms with van der Waals surface area (Å²) in [5.41, 5.74) is 1.35. The quantitative estimate of drug-likeness (QED) is 0.698. The van der Waals surface area contributed by atoms with E-state index in [4.69, 9.17) is 4.74 Å². The molecule has 0 bridgehead atoms. The number of hydrogen-bond donors (Lipinski definition) is 1. The number of nitrogens with one attached hydrogen (secondary N) is 1. The Labute approximate surface area is 92.4 Å². The lowest BCUT2D eigenvalue weighted by Gasteiger charge is -2.11. The zero-order valence-electron chi connectivity index (χ0n) is 9.99. The first-order chi connectivity index (χ1) is 7.27. The Morgan fingerprint density at radius 2 is 2.33 bits per heavy atom. The standard InChI is InChI=1S/C12H22N2O/c1-4-7-14-8-5-12(10-14)11(2)13-6-9-15-3/h5,8,10-11,13H,4,6-7,9H2,1-3H3. The van der Waals surface area contributed by atoms with Crippen LogP contribution in [0, 0.1) is 0 Å². The van der Waals surface area contributed by atoms with Gasteiger partial charge in [0.05, 0.1) is 6.61 Å². The van der Waals surface area contributed by atoms with Crippen LogP contribution in [0.1, 0.15) is 31.9 Å². The van der Waals surface area contributed by atoms with Gasteiger partial charge in [0.1, 0.15) is 0 Å². The number of aromatic nitrogens is 1. The van der Waals surface area contributed by atoms with Crippen molar-refractivity contribution in [2.45, 2.75) is 32.9 Å². The normalized spacial score (nSPS) is 13.0. The van der Waals surface area contributed by atoms with Crippen molar-refractivity contribution in [2.24, 2.45) is 0 Å². The third-order valence-corrected chi connectivity index (χ3v) is 2.51. The van der Waals surface area contributed by atoms with Crippen molar-refractivity contribution in [1.82, 2.24) is 9.88 Å². The number of aryl methyl sites for hydroxylation is 1. The third-order valence-electron chi connectivity index (χ3n) is 2.51. The molecule has 1 aromatic heterocycles. The van der Waals surface area contributed by atoms with E-state index in [0.29, 0.717) is 6.04 Å². The number of methoxy groups -OCH3 is 1. The molecule has 1 heterocycles. The summed E-state index contributed by atoms with van der Waals surface area (Å²) in [5, 5.41) is 3.42. The number of rotatable bonds is 7. The van der Waals surface area contributed by atoms with Crippen molar-refractivity contribution in [3.63, 3.8) is 0 Å². The molecule has 0 aliphatic carbocycles. The molecule has 0 spiro atoms. The summed E-state index contributed by atoms with van der Waals surface area (Å²) < 4.78 is 7.24. The van der Waals surface area contributed by atoms with Gasteiger partial charge < -0.3 is 14.6 Å². The highest BCUT2D eigenvalue weighted by Gasteiger charge is 2.05. The molecular weight excluding hydrogens is 188 g/mol. The summed E-state index contributed by atoms with van der Waals surface area (Å²) in [5.74, 6) is 0. The van der Waals surface area contributed by atoms with Gasteiger partial charge in [-0.1, -0.05) is 6.92 Å². The SMILES string of the molecule is CCCn1ccc(C(C)NCCOC)c1. The molecule has 1 unspecified atom stereocenters. The van der Waals surface area contributed by atoms with Gasteiger partial charge >= 0.3 is 0 Å². The Morgan fingerprint density at radius 1 is 1.53 bits per heavy atom. The van der Waals surface area contributed by atoms with E-state index in [-0.39, 0.29) is 0 Å². The van der Waals surface area contributed by atoms with Crippen LogP contribution in [0.2, 0.25) is 0 Å². The van der Waals surface area contributed by atoms with E-state index < -0.39 is 0 Å². The molecule has 0 aliphatic heterocycles. The fourth-order valence-corrected chi connectivity index (χ4v) is 1.61. The minimum Gasteiger partial charge on any atom is -0.383 e. The maximum atomic E-state index is 5.00. The van der Waals surface area contributed by atoms with E-state index >= 15 is 0 Å². The van der Waals surface area contributed by atoms with Crippen molar-refractivity contribution < 1.29 is 4.74 Å². The molecule has 1 N–H and O–H groups in total. The van der Waals surface area contributed by atoms with E-state index in [9.17, 15) is 0 Å². The zero-order chi connectivity index (χ0) is 11.1. The van der Waals surface area contributed by atoms with Gasteiger partial charge in [-0.2, -0.15) is 0 Å². The smallest absolute Gasteiger partial charge is 0.0587 e. The van der Waals surface area contributed by atoms with Gasteiger partial charge in [0, 0.05) is 38.6 Å². The molecular formula is C12H22N2O. The molecule has 3 nitrogen and oxygen atoms in total. The molecule has 1 atom stereocenters. The fraction of sp³-hybridized carbons (Fsp3) is 0.667. The highest BCUT2D eigenvalue weighted by Crippen LogP contribution is 2.12. The monoisotopic (exact) mass is 210 g/mol. The molecule has 0 aliphatic rings. The average molecular weight is 210 g/mol. The third kappa shape index (κ3) is 4.06. The molecule has 0 amide bonds. The topological polar surface area (TPSA) is 26.2 Å². The lowest BCUT2D eigenvalue weighted by atomic mass is 10.2. The van der Waals surface area contributed by atoms with Crippen molar-refractivity contribution >= 4 is 0 Å². The molecule has 86 valence electrons. The number of nitrogens with zero attached hydrogens (tertiary/aromatic N) is 1. The number of hydrogen-bond acceptors (Lipinski definition) is 2. The Morgan fingerprint density at radius 3 is 3.00 bits per heavy atom. The Kier molecular flexibility index (Phi) is 5.43. The van der Waals surface area contributed by atoms with Gasteiger partial charge in [-0.15, -0.1) is 0 Å². The van der Waals surface area contributed by atoms with Gasteiger partial charge in [-0.25, -0.2) is 0 Å². The van der Waals surface area contributed by atoms with Crippen LogP contribution in [0.4, 0.5) is 0 Å². The summed E-state index contributed by atoms with van der Waals surface area (Å²) >= 11 is 0. The van der Waals surface area contributed by atoms with E-state index in [2.05, 4.69) is 42.2 Å². The zero-order valence-corrected chi connectivity index (χ0v) is 9.99. The molecule has 0 fully saturated rings. The number of ether oxygens (including phenoxy) is 1. The van der Waals surface area contributed by atoms with Crippen LogP contribution >= 0.6 is 0 Å². The molecule has 0 saturated carbocycles. The predicted molar refractivity (Wildman–Crippen MR) is 63.0 cm³/mol. The van der Waals surface area contributed by atoms with E-state index in [1.807, 2.05) is 0 Å². The van der Waals surface area contributed by atoms with Crippen LogP contribution in [0.15, 0.2) is 18.5 Å². The molecule has 0 saturated heterocycles. The van der Waals surface area contributed by atoms with Crippen LogP contribution in [-0.2, 0) is 11.3 Å². The maximum absolute atomic E-state index is 5.00. The lowest BCUT2D eigenvalue weighted by molar-refractivity contribution is 0.196. The van der Waals surface area contributed by atoms with Crippen LogP contribution in [0.25, 0.3) is 0 Å². The minimum atomic E-state index is 0.401. The highest BCUT2D eigenvalue weighted by molar-refractivity contribution is 5.14. The van der Waals surface area contributed by atoms with Crippen LogP contribution in [0.5, 0.6) is 0 Å².